The van der Waals surface area contributed by atoms with Gasteiger partial charge in [0, 0.05) is 108 Å². The Morgan fingerprint density at radius 2 is 1.49 bits per heavy atom. The van der Waals surface area contributed by atoms with E-state index in [0.717, 1.165) is 34.6 Å². The molecule has 0 spiro atoms. The van der Waals surface area contributed by atoms with Crippen molar-refractivity contribution in [3.8, 4) is 11.3 Å². The number of oxazole rings is 1. The zero-order chi connectivity index (χ0) is 85.5. The van der Waals surface area contributed by atoms with Crippen LogP contribution in [0.3, 0.4) is 0 Å². The molecule has 1 aromatic carbocycles. The number of nitrogen functional groups attached to an aromatic ring is 2. The van der Waals surface area contributed by atoms with Crippen LogP contribution < -0.4 is 27.8 Å². The Morgan fingerprint density at radius 1 is 0.756 bits per heavy atom. The number of aryl methyl sites for hydroxylation is 2. The van der Waals surface area contributed by atoms with Crippen LogP contribution in [0.25, 0.3) is 33.4 Å². The molecule has 4 aromatic heterocycles. The highest BCUT2D eigenvalue weighted by atomic mass is 16.6. The molecule has 9 rings (SSSR count). The number of Topliss-reactive ketones (excluding diaryl/α,β-unsaturated/α-hetero) is 3. The van der Waals surface area contributed by atoms with E-state index in [0.29, 0.717) is 196 Å². The van der Waals surface area contributed by atoms with Gasteiger partial charge in [-0.1, -0.05) is 69.4 Å². The van der Waals surface area contributed by atoms with Crippen molar-refractivity contribution in [2.75, 3.05) is 105 Å². The minimum atomic E-state index is -2.49. The molecule has 34 nitrogen and oxygen atoms in total. The van der Waals surface area contributed by atoms with Crippen molar-refractivity contribution in [3.05, 3.63) is 84.0 Å². The summed E-state index contributed by atoms with van der Waals surface area (Å²) in [6, 6.07) is 3.38. The standard InChI is InChI=1S/C85H126N14O20/c1-53-18-10-9-11-19-54(2)69(110-7)49-62-25-22-58(6)85(109,119-62)79(106)82(107)98-32-15-12-21-65(98)83(108)117-70(50-66(100)55(3)45-57(5)77(104)78(105)76(103)56(4)44-53)63(86)46-59-23-26-68(71(47-59)111-8)116-35-17-13-20-61-51-97(96-94-61)34-37-113-39-41-115-43-42-114-40-38-112-36-31-90-73(102)29-28-72(101)89-30-14-16-33-99-81-74(80(87)91-52-92-81)75(95-99)60-24-27-67-64(48-60)93-84(88)118-67/h9-11,18-19,24,27,45,48,51-53,55-56,58-59,62-63,65,68-71,77-78,104-105,109H,12-17,20-23,25-26,28-44,46-47,49-50,86H2,1-8H3,(H2,88,93)(H,89,101)(H,90,102)(H2,87,91,92)/b11-9+,18-10+,54-19+,57-45+/t53-,55-,56-,58-,59+,62+,63-,65+,68-,69+,70+,71-,77-,78+,85-/m1/s1. The van der Waals surface area contributed by atoms with Crippen LogP contribution >= 0.6 is 0 Å². The minimum absolute atomic E-state index is 0.0229. The number of carbonyl (C=O) groups excluding carboxylic acids is 7. The number of hydrogen-bond acceptors (Lipinski definition) is 29. The van der Waals surface area contributed by atoms with Crippen molar-refractivity contribution in [2.45, 2.75) is 237 Å². The molecule has 4 aliphatic rings. The zero-order valence-electron chi connectivity index (χ0n) is 70.3. The van der Waals surface area contributed by atoms with Crippen LogP contribution in [0.5, 0.6) is 0 Å². The normalized spacial score (nSPS) is 27.4. The van der Waals surface area contributed by atoms with Gasteiger partial charge in [-0.3, -0.25) is 28.8 Å². The van der Waals surface area contributed by atoms with Crippen LogP contribution in [0.2, 0.25) is 0 Å². The number of nitrogens with one attached hydrogen (secondary N) is 2. The summed E-state index contributed by atoms with van der Waals surface area (Å²) in [7, 11) is 3.19. The number of methoxy groups -OCH3 is 2. The van der Waals surface area contributed by atoms with Gasteiger partial charge in [0.15, 0.2) is 17.0 Å². The first-order chi connectivity index (χ1) is 57.2. The number of amides is 3. The summed E-state index contributed by atoms with van der Waals surface area (Å²) in [6.45, 7) is 15.6. The Hall–Kier alpha value is -8.65. The molecule has 34 heteroatoms. The molecule has 5 aromatic rings. The molecule has 1 aliphatic carbocycles. The van der Waals surface area contributed by atoms with E-state index in [4.69, 9.17) is 69.3 Å². The van der Waals surface area contributed by atoms with Crippen LogP contribution in [0.4, 0.5) is 11.8 Å². The second kappa shape index (κ2) is 47.5. The van der Waals surface area contributed by atoms with E-state index in [1.54, 1.807) is 50.4 Å². The number of nitrogens with two attached hydrogens (primary N) is 3. The molecule has 3 fully saturated rings. The minimum Gasteiger partial charge on any atom is -0.459 e. The first-order valence-corrected chi connectivity index (χ1v) is 42.1. The molecule has 119 heavy (non-hydrogen) atoms. The van der Waals surface area contributed by atoms with Crippen molar-refractivity contribution in [1.82, 2.24) is 55.3 Å². The molecule has 2 saturated heterocycles. The maximum atomic E-state index is 14.7. The van der Waals surface area contributed by atoms with E-state index in [-0.39, 0.29) is 86.1 Å². The highest BCUT2D eigenvalue weighted by Gasteiger charge is 2.53. The molecule has 3 aliphatic heterocycles. The average Bonchev–Trinajstić information content (AvgIpc) is 1.62. The summed E-state index contributed by atoms with van der Waals surface area (Å²) < 4.78 is 62.3. The molecule has 2 bridgehead atoms. The van der Waals surface area contributed by atoms with Gasteiger partial charge in [0.2, 0.25) is 17.6 Å². The molecule has 1 saturated carbocycles. The topological polar surface area (TPSA) is 469 Å². The number of nitrogens with zero attached hydrogens (tertiary/aromatic N) is 9. The van der Waals surface area contributed by atoms with Crippen molar-refractivity contribution in [3.63, 3.8) is 0 Å². The lowest BCUT2D eigenvalue weighted by Gasteiger charge is -2.42. The number of carbonyl (C=O) groups is 7. The lowest BCUT2D eigenvalue weighted by atomic mass is 9.80. The number of cyclic esters (lactones) is 1. The van der Waals surface area contributed by atoms with Gasteiger partial charge in [0.05, 0.1) is 94.9 Å². The van der Waals surface area contributed by atoms with Gasteiger partial charge < -0.3 is 95.1 Å². The van der Waals surface area contributed by atoms with E-state index in [2.05, 4.69) is 35.9 Å². The highest BCUT2D eigenvalue weighted by Crippen LogP contribution is 2.39. The number of benzene rings is 1. The number of ketones is 3. The lowest BCUT2D eigenvalue weighted by Crippen LogP contribution is -2.61. The second-order valence-electron chi connectivity index (χ2n) is 32.0. The number of fused-ring (bicyclic) bond motifs is 5. The average molecular weight is 1660 g/mol. The quantitative estimate of drug-likeness (QED) is 0.00925. The number of anilines is 2. The second-order valence-corrected chi connectivity index (χ2v) is 32.0. The lowest BCUT2D eigenvalue weighted by molar-refractivity contribution is -0.265. The number of allylic oxidation sites excluding steroid dienone is 6. The summed E-state index contributed by atoms with van der Waals surface area (Å²) >= 11 is 0. The van der Waals surface area contributed by atoms with Gasteiger partial charge in [0.1, 0.15) is 53.5 Å². The summed E-state index contributed by atoms with van der Waals surface area (Å²) in [6.07, 6.45) is 16.3. The number of aliphatic hydroxyl groups is 3. The fraction of sp³-hybridized carbons (Fsp3) is 0.659. The number of aromatic nitrogens is 8. The predicted octanol–water partition coefficient (Wildman–Crippen LogP) is 6.53. The smallest absolute Gasteiger partial charge is 0.329 e. The van der Waals surface area contributed by atoms with Crippen LogP contribution in [0, 0.1) is 29.6 Å². The molecule has 15 atom stereocenters. The molecule has 0 radical (unpaired) electrons. The number of rotatable bonds is 35. The summed E-state index contributed by atoms with van der Waals surface area (Å²) in [5, 5.41) is 54.3. The largest absolute Gasteiger partial charge is 0.459 e. The van der Waals surface area contributed by atoms with Crippen LogP contribution in [0.15, 0.2) is 82.7 Å². The van der Waals surface area contributed by atoms with Gasteiger partial charge >= 0.3 is 5.97 Å². The molecule has 3 amide bonds. The van der Waals surface area contributed by atoms with E-state index in [1.165, 1.54) is 19.3 Å². The maximum absolute atomic E-state index is 14.7. The van der Waals surface area contributed by atoms with Gasteiger partial charge in [0.25, 0.3) is 17.7 Å². The number of hydrogen-bond donors (Lipinski definition) is 8. The van der Waals surface area contributed by atoms with Gasteiger partial charge in [-0.05, 0) is 151 Å². The van der Waals surface area contributed by atoms with E-state index in [1.807, 2.05) is 62.6 Å². The maximum Gasteiger partial charge on any atom is 0.329 e. The molecule has 7 heterocycles. The Kier molecular flexibility index (Phi) is 37.6. The van der Waals surface area contributed by atoms with E-state index in [9.17, 15) is 48.9 Å². The molecule has 656 valence electrons. The number of piperidine rings is 1. The third-order valence-corrected chi connectivity index (χ3v) is 22.8. The Morgan fingerprint density at radius 3 is 2.23 bits per heavy atom. The van der Waals surface area contributed by atoms with Gasteiger partial charge in [-0.25, -0.2) is 24.1 Å². The van der Waals surface area contributed by atoms with Crippen LogP contribution in [-0.4, -0.2) is 255 Å². The molecular weight excluding hydrogens is 1540 g/mol. The van der Waals surface area contributed by atoms with Crippen molar-refractivity contribution < 1.29 is 95.9 Å². The Balaban J connectivity index is 0.630. The van der Waals surface area contributed by atoms with Crippen LogP contribution in [0.1, 0.15) is 163 Å². The van der Waals surface area contributed by atoms with Crippen LogP contribution in [-0.2, 0) is 95.7 Å². The fourth-order valence-electron chi connectivity index (χ4n) is 15.7. The fourth-order valence-corrected chi connectivity index (χ4v) is 15.7. The number of ether oxygens (including phenoxy) is 9. The number of esters is 1. The summed E-state index contributed by atoms with van der Waals surface area (Å²) in [4.78, 5) is 110. The summed E-state index contributed by atoms with van der Waals surface area (Å²) in [5.41, 5.74) is 24.1. The first kappa shape index (κ1) is 94.2. The van der Waals surface area contributed by atoms with Gasteiger partial charge in [-0.15, -0.1) is 5.10 Å². The SMILES string of the molecule is CO[C@H]1C[C@@H]2CC[C@@H](C)[C@@](O)(O2)C(=O)C(=O)N2CCCC[C@H]2C(=O)O[C@H]([C@H](N)C[C@@H]2CC[C@@H](OCCCCc3cn(CCOCCOCCOCCOCCNC(=O)CCC(=O)NCCCCn4nc(-c5ccc6oc(N)nc6c5)c5c(N)ncnc54)nn3)[C@H](OC)C2)CC(=O)[C@H](C)/C=C(\C)[C@@H](O)[C@@H](O)C(=O)[C@H](C)C[C@H](C)/C=C/C=C/C=C/1C. The van der Waals surface area contributed by atoms with Crippen molar-refractivity contribution >= 4 is 75.0 Å². The molecule has 11 N–H and O–H groups in total. The third-order valence-electron chi connectivity index (χ3n) is 22.8. The van der Waals surface area contributed by atoms with E-state index < -0.39 is 95.4 Å². The van der Waals surface area contributed by atoms with Gasteiger partial charge in [-0.2, -0.15) is 10.1 Å². The van der Waals surface area contributed by atoms with E-state index >= 15 is 0 Å². The molecular formula is C85H126N14O20. The number of aliphatic hydroxyl groups excluding tert-OH is 2. The third kappa shape index (κ3) is 27.9. The molecule has 0 unspecified atom stereocenters. The zero-order valence-corrected chi connectivity index (χ0v) is 70.3. The number of unbranched alkanes of at least 4 members (excludes halogenated alkanes) is 2. The summed E-state index contributed by atoms with van der Waals surface area (Å²) in [5.74, 6) is -9.09. The first-order valence-electron chi connectivity index (χ1n) is 42.1. The van der Waals surface area contributed by atoms with Crippen molar-refractivity contribution in [1.29, 1.82) is 0 Å². The monoisotopic (exact) mass is 1660 g/mol. The Labute approximate surface area is 695 Å². The Bertz CT molecular complexity index is 4240. The van der Waals surface area contributed by atoms with Crippen molar-refractivity contribution in [2.24, 2.45) is 35.3 Å². The highest BCUT2D eigenvalue weighted by molar-refractivity contribution is 6.39. The predicted molar refractivity (Wildman–Crippen MR) is 441 cm³/mol.